The van der Waals surface area contributed by atoms with Crippen LogP contribution in [0.4, 0.5) is 16.3 Å². The predicted octanol–water partition coefficient (Wildman–Crippen LogP) is 6.00. The number of nitrogens with two attached hydrogens (primary N) is 1. The number of aryl methyl sites for hydroxylation is 2. The van der Waals surface area contributed by atoms with Crippen LogP contribution in [0.2, 0.25) is 0 Å². The second-order valence-corrected chi connectivity index (χ2v) is 23.3. The summed E-state index contributed by atoms with van der Waals surface area (Å²) < 4.78 is 36.4. The van der Waals surface area contributed by atoms with Crippen LogP contribution in [-0.4, -0.2) is 181 Å². The zero-order valence-electron chi connectivity index (χ0n) is 48.5. The third-order valence-electron chi connectivity index (χ3n) is 16.3. The molecule has 6 aromatic rings. The molecule has 10 rings (SSSR count). The first-order chi connectivity index (χ1) is 40.7. The maximum Gasteiger partial charge on any atom is 0.318 e. The lowest BCUT2D eigenvalue weighted by molar-refractivity contribution is -0.141. The van der Waals surface area contributed by atoms with Crippen LogP contribution in [0.1, 0.15) is 73.0 Å². The lowest BCUT2D eigenvalue weighted by Gasteiger charge is -2.41. The van der Waals surface area contributed by atoms with Crippen molar-refractivity contribution in [2.75, 3.05) is 102 Å². The van der Waals surface area contributed by atoms with Crippen LogP contribution in [0, 0.1) is 31.1 Å². The van der Waals surface area contributed by atoms with Crippen LogP contribution < -0.4 is 30.3 Å². The van der Waals surface area contributed by atoms with Crippen LogP contribution in [0.15, 0.2) is 76.8 Å². The van der Waals surface area contributed by atoms with E-state index in [9.17, 15) is 24.8 Å². The van der Waals surface area contributed by atoms with Gasteiger partial charge in [0.1, 0.15) is 42.5 Å². The number of amides is 4. The molecule has 3 aromatic heterocycles. The van der Waals surface area contributed by atoms with Crippen LogP contribution in [0.5, 0.6) is 11.8 Å². The highest BCUT2D eigenvalue weighted by Crippen LogP contribution is 2.37. The minimum Gasteiger partial charge on any atom is -0.491 e. The highest BCUT2D eigenvalue weighted by atomic mass is 32.1. The molecule has 0 radical (unpaired) electrons. The number of nitrogens with one attached hydrogen (secondary N) is 1. The number of anilines is 2. The van der Waals surface area contributed by atoms with Crippen molar-refractivity contribution < 1.29 is 47.7 Å². The summed E-state index contributed by atoms with van der Waals surface area (Å²) in [7, 11) is 2.06. The first-order valence-electron chi connectivity index (χ1n) is 29.0. The quantitative estimate of drug-likeness (QED) is 0.0587. The van der Waals surface area contributed by atoms with Crippen LogP contribution >= 0.6 is 11.3 Å². The van der Waals surface area contributed by atoms with E-state index >= 15 is 0 Å². The molecular weight excluding hydrogens is 1090 g/mol. The molecule has 446 valence electrons. The second kappa shape index (κ2) is 27.5. The number of likely N-dealkylation sites (N-methyl/N-ethyl adjacent to an activating group) is 1. The summed E-state index contributed by atoms with van der Waals surface area (Å²) in [6.07, 6.45) is 0.894. The molecule has 0 spiro atoms. The van der Waals surface area contributed by atoms with Gasteiger partial charge in [0, 0.05) is 86.5 Å². The number of aromatic nitrogens is 4. The Bertz CT molecular complexity index is 3290. The van der Waals surface area contributed by atoms with Crippen molar-refractivity contribution in [2.45, 2.75) is 103 Å². The third-order valence-corrected chi connectivity index (χ3v) is 17.3. The van der Waals surface area contributed by atoms with Crippen LogP contribution in [0.3, 0.4) is 0 Å². The number of nitrogens with zero attached hydrogens (tertiary/aromatic N) is 10. The van der Waals surface area contributed by atoms with E-state index < -0.39 is 24.1 Å². The van der Waals surface area contributed by atoms with Crippen molar-refractivity contribution in [1.82, 2.24) is 40.1 Å². The van der Waals surface area contributed by atoms with Crippen LogP contribution in [0.25, 0.3) is 21.2 Å². The highest BCUT2D eigenvalue weighted by Gasteiger charge is 2.43. The number of piperazine rings is 1. The van der Waals surface area contributed by atoms with E-state index in [-0.39, 0.29) is 68.5 Å². The van der Waals surface area contributed by atoms with Gasteiger partial charge in [-0.2, -0.15) is 15.2 Å². The van der Waals surface area contributed by atoms with E-state index in [1.54, 1.807) is 23.4 Å². The topological polar surface area (TPSA) is 260 Å². The highest BCUT2D eigenvalue weighted by molar-refractivity contribution is 7.13. The zero-order chi connectivity index (χ0) is 58.9. The van der Waals surface area contributed by atoms with Gasteiger partial charge < -0.3 is 64.0 Å². The van der Waals surface area contributed by atoms with Crippen molar-refractivity contribution in [2.24, 2.45) is 11.7 Å². The molecular formula is C61H76N12O10S. The molecule has 3 saturated heterocycles. The first-order valence-corrected chi connectivity index (χ1v) is 29.9. The fourth-order valence-corrected chi connectivity index (χ4v) is 12.8. The molecule has 84 heavy (non-hydrogen) atoms. The van der Waals surface area contributed by atoms with Crippen molar-refractivity contribution in [3.63, 3.8) is 0 Å². The van der Waals surface area contributed by atoms with Gasteiger partial charge in [-0.25, -0.2) is 9.78 Å². The Balaban J connectivity index is 0.680. The summed E-state index contributed by atoms with van der Waals surface area (Å²) >= 11 is 1.53. The van der Waals surface area contributed by atoms with E-state index in [0.29, 0.717) is 95.5 Å². The molecule has 22 nitrogen and oxygen atoms in total. The molecule has 4 N–H and O–H groups in total. The molecule has 6 atom stereocenters. The number of fused-ring (bicyclic) bond motifs is 2. The Morgan fingerprint density at radius 1 is 0.893 bits per heavy atom. The van der Waals surface area contributed by atoms with Gasteiger partial charge in [0.25, 0.3) is 0 Å². The Labute approximate surface area is 493 Å². The molecule has 4 aliphatic heterocycles. The van der Waals surface area contributed by atoms with E-state index in [4.69, 9.17) is 43.9 Å². The number of rotatable bonds is 24. The number of primary amides is 1. The Morgan fingerprint density at radius 2 is 1.69 bits per heavy atom. The molecule has 7 heterocycles. The van der Waals surface area contributed by atoms with Crippen LogP contribution in [-0.2, 0) is 43.3 Å². The predicted molar refractivity (Wildman–Crippen MR) is 316 cm³/mol. The maximum absolute atomic E-state index is 14.0. The van der Waals surface area contributed by atoms with E-state index in [0.717, 1.165) is 64.0 Å². The van der Waals surface area contributed by atoms with Gasteiger partial charge in [-0.1, -0.05) is 67.5 Å². The summed E-state index contributed by atoms with van der Waals surface area (Å²) in [5, 5.41) is 29.7. The number of β-amino-alcohol motifs (C(OH)–C–C–N with tert-alkyl or cyclic N) is 1. The SMILES string of the molecule is Cc1cc(C(C(=O)N2C[C@H](O)C[C@H]2C(=O)NCc2ccc(-c3scnc3C)cc2OCCOCCOCCO[C@@H]2C[C@@H](COc3nc4c(c(N5CCN(C(N)=O)[C@@H](CC#N)C5)n3)CCN(c3cccc5ccccc35)C4)N(C)C2)C(C)C)on1. The average Bonchev–Trinajstić information content (AvgIpc) is 3.38. The molecule has 3 aromatic carbocycles. The lowest BCUT2D eigenvalue weighted by Crippen LogP contribution is -2.57. The summed E-state index contributed by atoms with van der Waals surface area (Å²) in [6.45, 7) is 13.6. The zero-order valence-corrected chi connectivity index (χ0v) is 49.3. The Hall–Kier alpha value is -7.46. The number of ether oxygens (including phenoxy) is 5. The van der Waals surface area contributed by atoms with Gasteiger partial charge in [0.15, 0.2) is 0 Å². The number of urea groups is 1. The standard InChI is InChI=1S/C61H76N12O10S/c1-38(2)55(54-27-39(3)68-83-54)59(76)73-33-46(74)30-52(73)58(75)64-31-43-14-13-42(56-40(4)65-37-84-56)28-53(43)81-26-24-79-22-21-78-23-25-80-47-29-45(69(5)34-47)36-82-61-66-50-35-70(51-12-8-10-41-9-6-7-11-48(41)51)18-16-49(50)57(67-61)71-19-20-72(60(63)77)44(32-71)15-17-62/h6-14,27-28,37-38,44-47,52,55,74H,15-16,18-26,29-36H2,1-5H3,(H2,63,77)(H,64,75)/t44-,45-,46+,47+,52-,55?/m0/s1. The number of nitriles is 1. The van der Waals surface area contributed by atoms with Gasteiger partial charge in [0.05, 0.1) is 97.8 Å². The normalized spacial score (nSPS) is 20.3. The molecule has 23 heteroatoms. The lowest BCUT2D eigenvalue weighted by atomic mass is 9.91. The molecule has 1 unspecified atom stereocenters. The molecule has 3 fully saturated rings. The first kappa shape index (κ1) is 59.7. The van der Waals surface area contributed by atoms with Gasteiger partial charge in [0.2, 0.25) is 11.8 Å². The van der Waals surface area contributed by atoms with Crippen molar-refractivity contribution >= 4 is 51.5 Å². The second-order valence-electron chi connectivity index (χ2n) is 22.4. The molecule has 0 aliphatic carbocycles. The Morgan fingerprint density at radius 3 is 2.45 bits per heavy atom. The van der Waals surface area contributed by atoms with Gasteiger partial charge in [-0.05, 0) is 62.7 Å². The van der Waals surface area contributed by atoms with Crippen molar-refractivity contribution in [1.29, 1.82) is 5.26 Å². The summed E-state index contributed by atoms with van der Waals surface area (Å²) in [5.41, 5.74) is 13.9. The number of hydrogen-bond donors (Lipinski definition) is 3. The number of hydrogen-bond acceptors (Lipinski definition) is 19. The van der Waals surface area contributed by atoms with E-state index in [2.05, 4.69) is 85.7 Å². The Kier molecular flexibility index (Phi) is 19.5. The molecule has 4 aliphatic rings. The van der Waals surface area contributed by atoms with Crippen molar-refractivity contribution in [3.8, 4) is 28.3 Å². The van der Waals surface area contributed by atoms with Crippen molar-refractivity contribution in [3.05, 3.63) is 106 Å². The summed E-state index contributed by atoms with van der Waals surface area (Å²) in [4.78, 5) is 65.5. The minimum atomic E-state index is -0.862. The average molecular weight is 1170 g/mol. The monoisotopic (exact) mass is 1170 g/mol. The summed E-state index contributed by atoms with van der Waals surface area (Å²) in [6, 6.07) is 23.2. The van der Waals surface area contributed by atoms with E-state index in [1.165, 1.54) is 27.0 Å². The van der Waals surface area contributed by atoms with E-state index in [1.807, 2.05) is 39.0 Å². The molecule has 0 saturated carbocycles. The number of aliphatic hydroxyl groups excluding tert-OH is 1. The fourth-order valence-electron chi connectivity index (χ4n) is 11.9. The van der Waals surface area contributed by atoms with Gasteiger partial charge in [-0.3, -0.25) is 14.5 Å². The number of likely N-dealkylation sites (tertiary alicyclic amines) is 2. The third kappa shape index (κ3) is 14.0. The molecule has 4 amide bonds. The number of aliphatic hydroxyl groups is 1. The van der Waals surface area contributed by atoms with Gasteiger partial charge >= 0.3 is 12.0 Å². The largest absolute Gasteiger partial charge is 0.491 e. The van der Waals surface area contributed by atoms with Gasteiger partial charge in [-0.15, -0.1) is 11.3 Å². The maximum atomic E-state index is 14.0. The number of carbonyl (C=O) groups excluding carboxylic acids is 3. The smallest absolute Gasteiger partial charge is 0.318 e. The number of thiazole rings is 1. The molecule has 0 bridgehead atoms. The minimum absolute atomic E-state index is 0.0163. The summed E-state index contributed by atoms with van der Waals surface area (Å²) in [5.74, 6) is 0.350. The number of carbonyl (C=O) groups is 3. The number of benzene rings is 3. The fraction of sp³-hybridized carbons (Fsp3) is 0.508.